The summed E-state index contributed by atoms with van der Waals surface area (Å²) in [6.45, 7) is 2.34. The number of carboxylic acid groups (broad SMARTS) is 1. The number of aliphatic carboxylic acids is 1. The van der Waals surface area contributed by atoms with E-state index in [0.717, 1.165) is 12.8 Å². The topological polar surface area (TPSA) is 102 Å². The molecule has 206 valence electrons. The second-order valence-corrected chi connectivity index (χ2v) is 9.74. The van der Waals surface area contributed by atoms with E-state index in [1.807, 2.05) is 0 Å². The molecule has 3 N–H and O–H groups in total. The van der Waals surface area contributed by atoms with Crippen LogP contribution in [0.1, 0.15) is 110 Å². The van der Waals surface area contributed by atoms with E-state index in [2.05, 4.69) is 11.7 Å². The lowest BCUT2D eigenvalue weighted by Crippen LogP contribution is -2.35. The minimum Gasteiger partial charge on any atom is -0.493 e. The normalized spacial score (nSPS) is 10.8. The number of unbranched alkanes of at least 4 members (excludes halogenated alkanes) is 15. The Kier molecular flexibility index (Phi) is 18.2. The Balaban J connectivity index is 2.15. The molecule has 0 spiro atoms. The van der Waals surface area contributed by atoms with Gasteiger partial charge >= 0.3 is 11.9 Å². The lowest BCUT2D eigenvalue weighted by atomic mass is 10.0. The molecule has 0 radical (unpaired) electrons. The molecule has 0 unspecified atom stereocenters. The number of carbonyl (C=O) groups excluding carboxylic acids is 1. The average molecular weight is 507 g/mol. The zero-order valence-corrected chi connectivity index (χ0v) is 22.8. The number of ether oxygens (including phenoxy) is 2. The Morgan fingerprint density at radius 2 is 1.28 bits per heavy atom. The first-order valence-electron chi connectivity index (χ1n) is 14.0. The monoisotopic (exact) mass is 506 g/mol. The van der Waals surface area contributed by atoms with Crippen molar-refractivity contribution in [2.45, 2.75) is 110 Å². The molecule has 0 aromatic heterocycles. The van der Waals surface area contributed by atoms with Crippen molar-refractivity contribution in [2.75, 3.05) is 37.4 Å². The average Bonchev–Trinajstić information content (AvgIpc) is 2.84. The van der Waals surface area contributed by atoms with Crippen molar-refractivity contribution in [3.05, 3.63) is 18.2 Å². The molecule has 0 aliphatic rings. The van der Waals surface area contributed by atoms with Crippen LogP contribution in [0.15, 0.2) is 18.2 Å². The smallest absolute Gasteiger partial charge is 0.325 e. The van der Waals surface area contributed by atoms with Crippen LogP contribution in [0.5, 0.6) is 5.75 Å². The van der Waals surface area contributed by atoms with Crippen molar-refractivity contribution in [2.24, 2.45) is 0 Å². The van der Waals surface area contributed by atoms with Crippen LogP contribution in [0.3, 0.4) is 0 Å². The molecule has 0 atom stereocenters. The first-order valence-corrected chi connectivity index (χ1v) is 14.0. The highest BCUT2D eigenvalue weighted by molar-refractivity contribution is 5.81. The van der Waals surface area contributed by atoms with Crippen LogP contribution in [-0.4, -0.2) is 43.9 Å². The number of hydrogen-bond acceptors (Lipinski definition) is 6. The van der Waals surface area contributed by atoms with Gasteiger partial charge in [-0.15, -0.1) is 0 Å². The highest BCUT2D eigenvalue weighted by Crippen LogP contribution is 2.26. The summed E-state index contributed by atoms with van der Waals surface area (Å²) in [6.07, 6.45) is 21.2. The van der Waals surface area contributed by atoms with Gasteiger partial charge in [0.05, 0.1) is 13.7 Å². The molecule has 7 heteroatoms. The number of hydrogen-bond donors (Lipinski definition) is 2. The molecule has 0 amide bonds. The van der Waals surface area contributed by atoms with E-state index in [1.54, 1.807) is 18.2 Å². The van der Waals surface area contributed by atoms with E-state index < -0.39 is 11.9 Å². The number of nitrogens with two attached hydrogens (primary N) is 1. The van der Waals surface area contributed by atoms with Crippen molar-refractivity contribution in [3.8, 4) is 5.75 Å². The number of nitrogen functional groups attached to an aromatic ring is 1. The Morgan fingerprint density at radius 1 is 0.778 bits per heavy atom. The maximum atomic E-state index is 11.7. The molecule has 0 bridgehead atoms. The van der Waals surface area contributed by atoms with Crippen LogP contribution < -0.4 is 15.4 Å². The van der Waals surface area contributed by atoms with Crippen LogP contribution in [0.2, 0.25) is 0 Å². The predicted molar refractivity (Wildman–Crippen MR) is 148 cm³/mol. The van der Waals surface area contributed by atoms with Gasteiger partial charge in [-0.25, -0.2) is 0 Å². The molecular formula is C29H50N2O5. The first kappa shape index (κ1) is 31.6. The fourth-order valence-electron chi connectivity index (χ4n) is 4.33. The van der Waals surface area contributed by atoms with Crippen LogP contribution >= 0.6 is 0 Å². The maximum Gasteiger partial charge on any atom is 0.325 e. The highest BCUT2D eigenvalue weighted by Gasteiger charge is 2.16. The molecule has 1 rings (SSSR count). The summed E-state index contributed by atoms with van der Waals surface area (Å²) >= 11 is 0. The number of carboxylic acids is 1. The molecular weight excluding hydrogens is 456 g/mol. The number of benzene rings is 1. The zero-order valence-electron chi connectivity index (χ0n) is 22.8. The van der Waals surface area contributed by atoms with Crippen LogP contribution in [0.4, 0.5) is 11.4 Å². The number of anilines is 2. The Hall–Kier alpha value is -2.44. The fraction of sp³-hybridized carbons (Fsp3) is 0.724. The van der Waals surface area contributed by atoms with Gasteiger partial charge in [-0.05, 0) is 12.5 Å². The third-order valence-electron chi connectivity index (χ3n) is 6.42. The first-order chi connectivity index (χ1) is 17.5. The second-order valence-electron chi connectivity index (χ2n) is 9.74. The number of nitrogens with zero attached hydrogens (tertiary/aromatic N) is 1. The highest BCUT2D eigenvalue weighted by atomic mass is 16.5. The van der Waals surface area contributed by atoms with E-state index >= 15 is 0 Å². The summed E-state index contributed by atoms with van der Waals surface area (Å²) in [4.78, 5) is 24.3. The number of rotatable bonds is 23. The van der Waals surface area contributed by atoms with Gasteiger partial charge in [0.15, 0.2) is 0 Å². The van der Waals surface area contributed by atoms with E-state index in [0.29, 0.717) is 23.7 Å². The SMILES string of the molecule is CCCCCCCCCCCCCCCCCCOc1cc(N)cc(N(CC(=O)O)CC(=O)OC)c1. The lowest BCUT2D eigenvalue weighted by molar-refractivity contribution is -0.139. The van der Waals surface area contributed by atoms with Gasteiger partial charge in [-0.3, -0.25) is 9.59 Å². The third-order valence-corrected chi connectivity index (χ3v) is 6.42. The molecule has 7 nitrogen and oxygen atoms in total. The second kappa shape index (κ2) is 20.7. The standard InChI is InChI=1S/C29H50N2O5/c1-3-4-5-6-7-8-9-10-11-12-13-14-15-16-17-18-19-36-27-21-25(30)20-26(22-27)31(23-28(32)33)24-29(34)35-2/h20-22H,3-19,23-24,30H2,1-2H3,(H,32,33). The van der Waals surface area contributed by atoms with Gasteiger partial charge in [0, 0.05) is 23.5 Å². The molecule has 1 aromatic rings. The van der Waals surface area contributed by atoms with Crippen molar-refractivity contribution < 1.29 is 24.2 Å². The molecule has 36 heavy (non-hydrogen) atoms. The van der Waals surface area contributed by atoms with Crippen molar-refractivity contribution >= 4 is 23.3 Å². The maximum absolute atomic E-state index is 11.7. The van der Waals surface area contributed by atoms with Crippen LogP contribution in [0.25, 0.3) is 0 Å². The summed E-state index contributed by atoms with van der Waals surface area (Å²) in [6, 6.07) is 5.06. The fourth-order valence-corrected chi connectivity index (χ4v) is 4.33. The molecule has 1 aromatic carbocycles. The van der Waals surface area contributed by atoms with Crippen LogP contribution in [-0.2, 0) is 14.3 Å². The summed E-state index contributed by atoms with van der Waals surface area (Å²) < 4.78 is 10.5. The van der Waals surface area contributed by atoms with E-state index in [9.17, 15) is 14.7 Å². The molecule has 0 aliphatic carbocycles. The largest absolute Gasteiger partial charge is 0.493 e. The summed E-state index contributed by atoms with van der Waals surface area (Å²) in [7, 11) is 1.27. The lowest BCUT2D eigenvalue weighted by Gasteiger charge is -2.22. The Morgan fingerprint density at radius 3 is 1.75 bits per heavy atom. The van der Waals surface area contributed by atoms with Crippen molar-refractivity contribution in [1.29, 1.82) is 0 Å². The molecule has 0 heterocycles. The van der Waals surface area contributed by atoms with E-state index in [-0.39, 0.29) is 13.1 Å². The quantitative estimate of drug-likeness (QED) is 0.0938. The van der Waals surface area contributed by atoms with Crippen molar-refractivity contribution in [3.63, 3.8) is 0 Å². The zero-order chi connectivity index (χ0) is 26.4. The summed E-state index contributed by atoms with van der Waals surface area (Å²) in [5.74, 6) is -0.988. The minimum absolute atomic E-state index is 0.176. The van der Waals surface area contributed by atoms with Gasteiger partial charge < -0.3 is 25.2 Å². The van der Waals surface area contributed by atoms with E-state index in [4.69, 9.17) is 10.5 Å². The third kappa shape index (κ3) is 16.3. The molecule has 0 saturated heterocycles. The summed E-state index contributed by atoms with van der Waals surface area (Å²) in [5.41, 5.74) is 6.96. The minimum atomic E-state index is -1.04. The Bertz CT molecular complexity index is 726. The van der Waals surface area contributed by atoms with Gasteiger partial charge in [-0.1, -0.05) is 103 Å². The van der Waals surface area contributed by atoms with Gasteiger partial charge in [0.2, 0.25) is 0 Å². The Labute approximate surface area is 218 Å². The molecule has 0 saturated carbocycles. The number of methoxy groups -OCH3 is 1. The predicted octanol–water partition coefficient (Wildman–Crippen LogP) is 6.97. The van der Waals surface area contributed by atoms with Crippen LogP contribution in [0, 0.1) is 0 Å². The van der Waals surface area contributed by atoms with Gasteiger partial charge in [0.25, 0.3) is 0 Å². The molecule has 0 aliphatic heterocycles. The van der Waals surface area contributed by atoms with Gasteiger partial charge in [0.1, 0.15) is 18.8 Å². The summed E-state index contributed by atoms with van der Waals surface area (Å²) in [5, 5.41) is 9.18. The number of esters is 1. The molecule has 0 fully saturated rings. The van der Waals surface area contributed by atoms with Crippen molar-refractivity contribution in [1.82, 2.24) is 0 Å². The van der Waals surface area contributed by atoms with Gasteiger partial charge in [-0.2, -0.15) is 0 Å². The van der Waals surface area contributed by atoms with E-state index in [1.165, 1.54) is 102 Å². The number of carbonyl (C=O) groups is 2.